The summed E-state index contributed by atoms with van der Waals surface area (Å²) in [5.41, 5.74) is 4.67. The van der Waals surface area contributed by atoms with Gasteiger partial charge >= 0.3 is 0 Å². The zero-order valence-electron chi connectivity index (χ0n) is 19.8. The summed E-state index contributed by atoms with van der Waals surface area (Å²) in [6.45, 7) is 5.91. The molecule has 1 heterocycles. The van der Waals surface area contributed by atoms with Crippen LogP contribution in [0.25, 0.3) is 10.9 Å². The van der Waals surface area contributed by atoms with E-state index in [-0.39, 0.29) is 23.5 Å². The number of ether oxygens (including phenoxy) is 1. The van der Waals surface area contributed by atoms with Crippen LogP contribution in [0.4, 0.5) is 0 Å². The Morgan fingerprint density at radius 1 is 0.853 bits per heavy atom. The molecule has 0 unspecified atom stereocenters. The van der Waals surface area contributed by atoms with Gasteiger partial charge in [0, 0.05) is 18.7 Å². The number of aryl methyl sites for hydroxylation is 3. The third-order valence-electron chi connectivity index (χ3n) is 5.89. The summed E-state index contributed by atoms with van der Waals surface area (Å²) >= 11 is 0. The fourth-order valence-electron chi connectivity index (χ4n) is 4.06. The standard InChI is InChI=1S/C27H28N2O4S/c1-18-5-11-25(12-6-18)34(31,32)29(16-21-7-9-24(33-4)10-8-21)17-23-15-22-14-19(2)13-20(3)26(22)28-27(23)30/h5-15H,16-17H2,1-4H3,(H,28,30). The topological polar surface area (TPSA) is 79.5 Å². The summed E-state index contributed by atoms with van der Waals surface area (Å²) in [5.74, 6) is 0.688. The Morgan fingerprint density at radius 3 is 2.18 bits per heavy atom. The molecule has 0 atom stereocenters. The summed E-state index contributed by atoms with van der Waals surface area (Å²) in [7, 11) is -2.29. The summed E-state index contributed by atoms with van der Waals surface area (Å²) in [6, 6.07) is 19.8. The van der Waals surface area contributed by atoms with Crippen molar-refractivity contribution in [2.24, 2.45) is 0 Å². The van der Waals surface area contributed by atoms with Crippen molar-refractivity contribution in [2.75, 3.05) is 7.11 Å². The first-order valence-corrected chi connectivity index (χ1v) is 12.4. The molecule has 3 aromatic carbocycles. The van der Waals surface area contributed by atoms with E-state index in [2.05, 4.69) is 4.98 Å². The number of aromatic amines is 1. The molecule has 7 heteroatoms. The smallest absolute Gasteiger partial charge is 0.252 e. The van der Waals surface area contributed by atoms with Gasteiger partial charge in [0.1, 0.15) is 5.75 Å². The van der Waals surface area contributed by atoms with Crippen molar-refractivity contribution >= 4 is 20.9 Å². The summed E-state index contributed by atoms with van der Waals surface area (Å²) in [5, 5.41) is 0.879. The molecule has 0 spiro atoms. The lowest BCUT2D eigenvalue weighted by Gasteiger charge is -2.23. The molecule has 4 rings (SSSR count). The first-order valence-electron chi connectivity index (χ1n) is 11.0. The molecule has 4 aromatic rings. The van der Waals surface area contributed by atoms with E-state index in [4.69, 9.17) is 4.74 Å². The molecule has 6 nitrogen and oxygen atoms in total. The van der Waals surface area contributed by atoms with Crippen molar-refractivity contribution in [1.82, 2.24) is 9.29 Å². The van der Waals surface area contributed by atoms with Crippen molar-refractivity contribution in [3.63, 3.8) is 0 Å². The van der Waals surface area contributed by atoms with Crippen LogP contribution in [-0.4, -0.2) is 24.8 Å². The second-order valence-corrected chi connectivity index (χ2v) is 10.5. The van der Waals surface area contributed by atoms with Gasteiger partial charge in [-0.25, -0.2) is 8.42 Å². The molecule has 0 aliphatic heterocycles. The number of hydrogen-bond acceptors (Lipinski definition) is 4. The first kappa shape index (κ1) is 23.7. The van der Waals surface area contributed by atoms with Crippen molar-refractivity contribution in [2.45, 2.75) is 38.8 Å². The predicted octanol–water partition coefficient (Wildman–Crippen LogP) is 4.85. The molecule has 0 aliphatic rings. The Bertz CT molecular complexity index is 1490. The Labute approximate surface area is 199 Å². The summed E-state index contributed by atoms with van der Waals surface area (Å²) in [6.07, 6.45) is 0. The highest BCUT2D eigenvalue weighted by molar-refractivity contribution is 7.89. The van der Waals surface area contributed by atoms with E-state index in [0.29, 0.717) is 11.3 Å². The fraction of sp³-hybridized carbons (Fsp3) is 0.222. The van der Waals surface area contributed by atoms with Gasteiger partial charge in [-0.1, -0.05) is 41.5 Å². The van der Waals surface area contributed by atoms with Crippen LogP contribution in [0.15, 0.2) is 76.4 Å². The molecule has 1 N–H and O–H groups in total. The van der Waals surface area contributed by atoms with Gasteiger partial charge in [0.2, 0.25) is 10.0 Å². The summed E-state index contributed by atoms with van der Waals surface area (Å²) < 4.78 is 33.9. The van der Waals surface area contributed by atoms with Crippen molar-refractivity contribution in [1.29, 1.82) is 0 Å². The molecular formula is C27H28N2O4S. The zero-order valence-corrected chi connectivity index (χ0v) is 20.6. The van der Waals surface area contributed by atoms with Gasteiger partial charge in [0.15, 0.2) is 0 Å². The highest BCUT2D eigenvalue weighted by Gasteiger charge is 2.26. The van der Waals surface area contributed by atoms with E-state index in [9.17, 15) is 13.2 Å². The van der Waals surface area contributed by atoms with E-state index >= 15 is 0 Å². The van der Waals surface area contributed by atoms with E-state index in [0.717, 1.165) is 33.2 Å². The number of H-pyrrole nitrogens is 1. The molecule has 0 aliphatic carbocycles. The molecule has 1 aromatic heterocycles. The SMILES string of the molecule is COc1ccc(CN(Cc2cc3cc(C)cc(C)c3[nH]c2=O)S(=O)(=O)c2ccc(C)cc2)cc1. The average Bonchev–Trinajstić information content (AvgIpc) is 2.80. The Kier molecular flexibility index (Phi) is 6.59. The third-order valence-corrected chi connectivity index (χ3v) is 7.70. The largest absolute Gasteiger partial charge is 0.497 e. The molecule has 34 heavy (non-hydrogen) atoms. The number of pyridine rings is 1. The highest BCUT2D eigenvalue weighted by Crippen LogP contribution is 2.24. The van der Waals surface area contributed by atoms with E-state index in [1.54, 1.807) is 49.6 Å². The quantitative estimate of drug-likeness (QED) is 0.413. The normalized spacial score (nSPS) is 11.8. The number of nitrogens with one attached hydrogen (secondary N) is 1. The predicted molar refractivity (Wildman–Crippen MR) is 135 cm³/mol. The van der Waals surface area contributed by atoms with Gasteiger partial charge in [-0.2, -0.15) is 4.31 Å². The zero-order chi connectivity index (χ0) is 24.5. The van der Waals surface area contributed by atoms with Crippen LogP contribution in [0, 0.1) is 20.8 Å². The van der Waals surface area contributed by atoms with Gasteiger partial charge in [0.25, 0.3) is 5.56 Å². The van der Waals surface area contributed by atoms with Gasteiger partial charge in [-0.15, -0.1) is 0 Å². The number of methoxy groups -OCH3 is 1. The second-order valence-electron chi connectivity index (χ2n) is 8.60. The lowest BCUT2D eigenvalue weighted by Crippen LogP contribution is -2.32. The minimum atomic E-state index is -3.87. The second kappa shape index (κ2) is 9.44. The van der Waals surface area contributed by atoms with E-state index in [1.807, 2.05) is 45.0 Å². The fourth-order valence-corrected chi connectivity index (χ4v) is 5.47. The highest BCUT2D eigenvalue weighted by atomic mass is 32.2. The molecule has 0 saturated carbocycles. The molecule has 0 amide bonds. The van der Waals surface area contributed by atoms with Crippen LogP contribution in [0.5, 0.6) is 5.75 Å². The van der Waals surface area contributed by atoms with Gasteiger partial charge in [-0.3, -0.25) is 4.79 Å². The summed E-state index contributed by atoms with van der Waals surface area (Å²) in [4.78, 5) is 16.1. The van der Waals surface area contributed by atoms with Crippen LogP contribution >= 0.6 is 0 Å². The average molecular weight is 477 g/mol. The van der Waals surface area contributed by atoms with Crippen LogP contribution in [0.2, 0.25) is 0 Å². The molecule has 0 saturated heterocycles. The number of fused-ring (bicyclic) bond motifs is 1. The monoisotopic (exact) mass is 476 g/mol. The molecule has 0 bridgehead atoms. The first-order chi connectivity index (χ1) is 16.2. The van der Waals surface area contributed by atoms with Crippen molar-refractivity contribution in [3.05, 3.63) is 105 Å². The Balaban J connectivity index is 1.78. The minimum Gasteiger partial charge on any atom is -0.497 e. The Morgan fingerprint density at radius 2 is 1.53 bits per heavy atom. The number of benzene rings is 3. The maximum absolute atomic E-state index is 13.6. The minimum absolute atomic E-state index is 0.0551. The maximum Gasteiger partial charge on any atom is 0.252 e. The Hall–Kier alpha value is -3.42. The van der Waals surface area contributed by atoms with Gasteiger partial charge < -0.3 is 9.72 Å². The van der Waals surface area contributed by atoms with Gasteiger partial charge in [0.05, 0.1) is 17.5 Å². The number of aromatic nitrogens is 1. The lowest BCUT2D eigenvalue weighted by atomic mass is 10.1. The van der Waals surface area contributed by atoms with Gasteiger partial charge in [-0.05, 0) is 73.7 Å². The molecular weight excluding hydrogens is 448 g/mol. The van der Waals surface area contributed by atoms with Crippen molar-refractivity contribution < 1.29 is 13.2 Å². The number of sulfonamides is 1. The molecule has 176 valence electrons. The number of rotatable bonds is 7. The molecule has 0 fully saturated rings. The molecule has 0 radical (unpaired) electrons. The van der Waals surface area contributed by atoms with Crippen LogP contribution in [0.3, 0.4) is 0 Å². The number of hydrogen-bond donors (Lipinski definition) is 1. The lowest BCUT2D eigenvalue weighted by molar-refractivity contribution is 0.398. The number of nitrogens with zero attached hydrogens (tertiary/aromatic N) is 1. The third kappa shape index (κ3) is 4.90. The van der Waals surface area contributed by atoms with E-state index < -0.39 is 10.0 Å². The van der Waals surface area contributed by atoms with E-state index in [1.165, 1.54) is 4.31 Å². The van der Waals surface area contributed by atoms with Crippen molar-refractivity contribution in [3.8, 4) is 5.75 Å². The van der Waals surface area contributed by atoms with Crippen LogP contribution < -0.4 is 10.3 Å². The van der Waals surface area contributed by atoms with Crippen LogP contribution in [-0.2, 0) is 23.1 Å². The van der Waals surface area contributed by atoms with Crippen LogP contribution in [0.1, 0.15) is 27.8 Å². The maximum atomic E-state index is 13.6.